The monoisotopic (exact) mass is 670 g/mol. The fraction of sp³-hybridized carbons (Fsp3) is 0.429. The Labute approximate surface area is 276 Å². The second-order valence-electron chi connectivity index (χ2n) is 12.2. The summed E-state index contributed by atoms with van der Waals surface area (Å²) in [5, 5.41) is 17.6. The number of aliphatic hydroxyl groups excluding tert-OH is 1. The lowest BCUT2D eigenvalue weighted by atomic mass is 9.94. The first-order chi connectivity index (χ1) is 22.3. The highest BCUT2D eigenvalue weighted by atomic mass is 32.2. The van der Waals surface area contributed by atoms with Gasteiger partial charge < -0.3 is 20.6 Å². The zero-order chi connectivity index (χ0) is 34.3. The predicted octanol–water partition coefficient (Wildman–Crippen LogP) is 4.21. The van der Waals surface area contributed by atoms with E-state index in [1.807, 2.05) is 20.8 Å². The lowest BCUT2D eigenvalue weighted by molar-refractivity contribution is 0.0600. The number of piperazine rings is 1. The Morgan fingerprint density at radius 3 is 2.19 bits per heavy atom. The molecule has 47 heavy (non-hydrogen) atoms. The molecule has 1 heterocycles. The number of halogens is 2. The number of hydrogen-bond acceptors (Lipinski definition) is 6. The van der Waals surface area contributed by atoms with Crippen molar-refractivity contribution in [3.05, 3.63) is 100 Å². The first-order valence-electron chi connectivity index (χ1n) is 16.0. The fourth-order valence-corrected chi connectivity index (χ4v) is 7.37. The normalized spacial score (nSPS) is 16.8. The second-order valence-corrected chi connectivity index (χ2v) is 14.1. The molecule has 0 aliphatic carbocycles. The van der Waals surface area contributed by atoms with Gasteiger partial charge in [-0.1, -0.05) is 31.5 Å². The lowest BCUT2D eigenvalue weighted by Crippen LogP contribution is -2.62. The van der Waals surface area contributed by atoms with Gasteiger partial charge in [0.25, 0.3) is 11.8 Å². The summed E-state index contributed by atoms with van der Waals surface area (Å²) in [7, 11) is -3.88. The van der Waals surface area contributed by atoms with E-state index < -0.39 is 45.8 Å². The number of aliphatic hydroxyl groups is 1. The number of nitrogens with one attached hydrogen (secondary N) is 2. The number of rotatable bonds is 13. The van der Waals surface area contributed by atoms with Crippen molar-refractivity contribution in [3.8, 4) is 0 Å². The maximum atomic E-state index is 14.2. The standard InChI is InChI=1S/C35H44F2N4O5S/c1-5-12-40(13-6-2)35(44)27-16-24(4)15-26(20-27)34(43)39-31(19-25-17-28(36)21-29(37)18-25)33(42)32-22-41(14-11-38-32)47(45,46)30-9-7-23(3)8-10-30/h7-10,15-18,20-21,31-33,38,42H,5-6,11-14,19,22H2,1-4H3,(H,39,43)/t31-,32+,33-/m0/s1. The molecule has 9 nitrogen and oxygen atoms in total. The zero-order valence-electron chi connectivity index (χ0n) is 27.3. The highest BCUT2D eigenvalue weighted by Gasteiger charge is 2.37. The highest BCUT2D eigenvalue weighted by Crippen LogP contribution is 2.21. The molecule has 3 N–H and O–H groups in total. The van der Waals surface area contributed by atoms with E-state index in [1.54, 1.807) is 36.1 Å². The number of amides is 2. The van der Waals surface area contributed by atoms with E-state index in [0.717, 1.165) is 36.6 Å². The highest BCUT2D eigenvalue weighted by molar-refractivity contribution is 7.89. The summed E-state index contributed by atoms with van der Waals surface area (Å²) in [6.45, 7) is 9.05. The minimum atomic E-state index is -3.88. The van der Waals surface area contributed by atoms with Gasteiger partial charge in [0.2, 0.25) is 10.0 Å². The number of benzene rings is 3. The molecular weight excluding hydrogens is 626 g/mol. The molecule has 0 aromatic heterocycles. The van der Waals surface area contributed by atoms with Crippen LogP contribution in [0.1, 0.15) is 64.1 Å². The lowest BCUT2D eigenvalue weighted by Gasteiger charge is -2.38. The Morgan fingerprint density at radius 2 is 1.57 bits per heavy atom. The molecule has 3 aromatic rings. The fourth-order valence-electron chi connectivity index (χ4n) is 5.90. The smallest absolute Gasteiger partial charge is 0.253 e. The third-order valence-electron chi connectivity index (χ3n) is 8.21. The van der Waals surface area contributed by atoms with Gasteiger partial charge in [0.1, 0.15) is 11.6 Å². The van der Waals surface area contributed by atoms with E-state index in [0.29, 0.717) is 24.2 Å². The first kappa shape index (κ1) is 36.1. The molecule has 0 unspecified atom stereocenters. The number of aryl methyl sites for hydroxylation is 2. The average Bonchev–Trinajstić information content (AvgIpc) is 3.03. The molecule has 1 aliphatic rings. The molecule has 0 bridgehead atoms. The summed E-state index contributed by atoms with van der Waals surface area (Å²) in [5.41, 5.74) is 2.33. The van der Waals surface area contributed by atoms with Crippen LogP contribution in [-0.2, 0) is 16.4 Å². The van der Waals surface area contributed by atoms with E-state index >= 15 is 0 Å². The summed E-state index contributed by atoms with van der Waals surface area (Å²) < 4.78 is 56.5. The maximum Gasteiger partial charge on any atom is 0.253 e. The van der Waals surface area contributed by atoms with Crippen LogP contribution in [0.3, 0.4) is 0 Å². The maximum absolute atomic E-state index is 14.2. The van der Waals surface area contributed by atoms with Gasteiger partial charge in [0.15, 0.2) is 0 Å². The molecule has 254 valence electrons. The molecule has 0 saturated carbocycles. The second kappa shape index (κ2) is 15.9. The van der Waals surface area contributed by atoms with E-state index in [-0.39, 0.29) is 48.0 Å². The van der Waals surface area contributed by atoms with Crippen LogP contribution in [0, 0.1) is 25.5 Å². The molecule has 0 radical (unpaired) electrons. The van der Waals surface area contributed by atoms with E-state index in [9.17, 15) is 31.9 Å². The minimum absolute atomic E-state index is 0.102. The van der Waals surface area contributed by atoms with Gasteiger partial charge in [-0.3, -0.25) is 9.59 Å². The van der Waals surface area contributed by atoms with E-state index in [1.165, 1.54) is 22.5 Å². The number of carbonyl (C=O) groups is 2. The van der Waals surface area contributed by atoms with Crippen molar-refractivity contribution >= 4 is 21.8 Å². The molecule has 1 saturated heterocycles. The molecule has 1 aliphatic heterocycles. The first-order valence-corrected chi connectivity index (χ1v) is 17.4. The van der Waals surface area contributed by atoms with E-state index in [2.05, 4.69) is 10.6 Å². The Bertz CT molecular complexity index is 1640. The zero-order valence-corrected chi connectivity index (χ0v) is 28.1. The molecule has 12 heteroatoms. The third kappa shape index (κ3) is 9.22. The molecule has 1 fully saturated rings. The van der Waals surface area contributed by atoms with Crippen LogP contribution in [0.5, 0.6) is 0 Å². The summed E-state index contributed by atoms with van der Waals surface area (Å²) >= 11 is 0. The van der Waals surface area contributed by atoms with Gasteiger partial charge in [0.05, 0.1) is 17.0 Å². The van der Waals surface area contributed by atoms with Crippen LogP contribution in [0.2, 0.25) is 0 Å². The van der Waals surface area contributed by atoms with Crippen LogP contribution < -0.4 is 10.6 Å². The van der Waals surface area contributed by atoms with Gasteiger partial charge in [-0.2, -0.15) is 4.31 Å². The molecular formula is C35H44F2N4O5S. The van der Waals surface area contributed by atoms with Crippen molar-refractivity contribution in [3.63, 3.8) is 0 Å². The number of sulfonamides is 1. The Hall–Kier alpha value is -3.71. The minimum Gasteiger partial charge on any atom is -0.389 e. The number of nitrogens with zero attached hydrogens (tertiary/aromatic N) is 2. The predicted molar refractivity (Wildman–Crippen MR) is 177 cm³/mol. The Morgan fingerprint density at radius 1 is 0.957 bits per heavy atom. The van der Waals surface area contributed by atoms with Crippen molar-refractivity contribution in [1.29, 1.82) is 0 Å². The Kier molecular flexibility index (Phi) is 12.2. The summed E-state index contributed by atoms with van der Waals surface area (Å²) in [5.74, 6) is -2.41. The molecule has 0 spiro atoms. The summed E-state index contributed by atoms with van der Waals surface area (Å²) in [4.78, 5) is 28.9. The van der Waals surface area contributed by atoms with Gasteiger partial charge in [-0.05, 0) is 86.7 Å². The van der Waals surface area contributed by atoms with Crippen LogP contribution in [0.4, 0.5) is 8.78 Å². The van der Waals surface area contributed by atoms with Crippen LogP contribution >= 0.6 is 0 Å². The van der Waals surface area contributed by atoms with Crippen molar-refractivity contribution in [1.82, 2.24) is 19.8 Å². The number of hydrogen-bond donors (Lipinski definition) is 3. The van der Waals surface area contributed by atoms with Gasteiger partial charge in [-0.15, -0.1) is 0 Å². The quantitative estimate of drug-likeness (QED) is 0.251. The van der Waals surface area contributed by atoms with Crippen molar-refractivity contribution < 1.29 is 31.9 Å². The van der Waals surface area contributed by atoms with Gasteiger partial charge in [-0.25, -0.2) is 17.2 Å². The molecule has 4 rings (SSSR count). The largest absolute Gasteiger partial charge is 0.389 e. The van der Waals surface area contributed by atoms with Crippen molar-refractivity contribution in [2.75, 3.05) is 32.7 Å². The van der Waals surface area contributed by atoms with Crippen molar-refractivity contribution in [2.45, 2.75) is 70.0 Å². The number of carbonyl (C=O) groups excluding carboxylic acids is 2. The topological polar surface area (TPSA) is 119 Å². The third-order valence-corrected chi connectivity index (χ3v) is 10.1. The van der Waals surface area contributed by atoms with Crippen LogP contribution in [0.25, 0.3) is 0 Å². The van der Waals surface area contributed by atoms with Gasteiger partial charge >= 0.3 is 0 Å². The molecule has 3 atom stereocenters. The van der Waals surface area contributed by atoms with Crippen LogP contribution in [0.15, 0.2) is 65.6 Å². The average molecular weight is 671 g/mol. The van der Waals surface area contributed by atoms with Gasteiger partial charge in [0, 0.05) is 56.0 Å². The van der Waals surface area contributed by atoms with Crippen LogP contribution in [-0.4, -0.2) is 85.5 Å². The molecule has 2 amide bonds. The Balaban J connectivity index is 1.61. The van der Waals surface area contributed by atoms with Crippen molar-refractivity contribution in [2.24, 2.45) is 0 Å². The summed E-state index contributed by atoms with van der Waals surface area (Å²) in [6.07, 6.45) is 0.0497. The SMILES string of the molecule is CCCN(CCC)C(=O)c1cc(C)cc(C(=O)N[C@@H](Cc2cc(F)cc(F)c2)[C@H](O)[C@H]2CN(S(=O)(=O)c3ccc(C)cc3)CCN2)c1. The summed E-state index contributed by atoms with van der Waals surface area (Å²) in [6, 6.07) is 12.4. The van der Waals surface area contributed by atoms with E-state index in [4.69, 9.17) is 0 Å². The molecule has 3 aromatic carbocycles.